The number of carbonyl (C=O) groups excluding carboxylic acids is 1. The lowest BCUT2D eigenvalue weighted by Crippen LogP contribution is -2.11. The van der Waals surface area contributed by atoms with E-state index in [4.69, 9.17) is 0 Å². The van der Waals surface area contributed by atoms with E-state index in [9.17, 15) is 4.79 Å². The minimum Gasteiger partial charge on any atom is -0.298 e. The van der Waals surface area contributed by atoms with Gasteiger partial charge >= 0.3 is 0 Å². The SMILES string of the molecule is Cc1nc(NC(=O)c2ccc(Br)cc2)sc1Cc1cccc(Br)c1. The first-order valence-electron chi connectivity index (χ1n) is 7.29. The van der Waals surface area contributed by atoms with Crippen LogP contribution in [0.2, 0.25) is 0 Å². The molecule has 6 heteroatoms. The van der Waals surface area contributed by atoms with Crippen LogP contribution in [0.15, 0.2) is 57.5 Å². The summed E-state index contributed by atoms with van der Waals surface area (Å²) >= 11 is 8.37. The van der Waals surface area contributed by atoms with E-state index in [1.807, 2.05) is 31.2 Å². The summed E-state index contributed by atoms with van der Waals surface area (Å²) in [6.07, 6.45) is 0.803. The number of nitrogens with one attached hydrogen (secondary N) is 1. The van der Waals surface area contributed by atoms with Gasteiger partial charge in [-0.2, -0.15) is 0 Å². The molecule has 3 nitrogen and oxygen atoms in total. The van der Waals surface area contributed by atoms with E-state index in [-0.39, 0.29) is 5.91 Å². The first kappa shape index (κ1) is 17.3. The van der Waals surface area contributed by atoms with E-state index in [0.717, 1.165) is 25.9 Å². The van der Waals surface area contributed by atoms with Crippen LogP contribution in [0.3, 0.4) is 0 Å². The fourth-order valence-corrected chi connectivity index (χ4v) is 3.95. The maximum absolute atomic E-state index is 12.3. The molecule has 0 fully saturated rings. The second kappa shape index (κ2) is 7.59. The standard InChI is InChI=1S/C18H14Br2N2OS/c1-11-16(10-12-3-2-4-15(20)9-12)24-18(21-11)22-17(23)13-5-7-14(19)8-6-13/h2-9H,10H2,1H3,(H,21,22,23). The lowest BCUT2D eigenvalue weighted by Gasteiger charge is -2.01. The van der Waals surface area contributed by atoms with Crippen LogP contribution in [0.5, 0.6) is 0 Å². The molecule has 24 heavy (non-hydrogen) atoms. The number of nitrogens with zero attached hydrogens (tertiary/aromatic N) is 1. The van der Waals surface area contributed by atoms with Gasteiger partial charge in [-0.3, -0.25) is 10.1 Å². The molecule has 0 bridgehead atoms. The van der Waals surface area contributed by atoms with Crippen LogP contribution in [-0.2, 0) is 6.42 Å². The third-order valence-electron chi connectivity index (χ3n) is 3.47. The van der Waals surface area contributed by atoms with E-state index >= 15 is 0 Å². The Morgan fingerprint density at radius 3 is 2.58 bits per heavy atom. The van der Waals surface area contributed by atoms with Gasteiger partial charge in [-0.1, -0.05) is 44.0 Å². The zero-order valence-corrected chi connectivity index (χ0v) is 16.8. The first-order valence-corrected chi connectivity index (χ1v) is 9.69. The first-order chi connectivity index (χ1) is 11.5. The van der Waals surface area contributed by atoms with Crippen molar-refractivity contribution in [3.05, 3.63) is 79.2 Å². The van der Waals surface area contributed by atoms with Crippen LogP contribution < -0.4 is 5.32 Å². The van der Waals surface area contributed by atoms with Gasteiger partial charge in [0, 0.05) is 25.8 Å². The molecule has 1 N–H and O–H groups in total. The quantitative estimate of drug-likeness (QED) is 0.527. The number of halogens is 2. The van der Waals surface area contributed by atoms with Crippen molar-refractivity contribution < 1.29 is 4.79 Å². The maximum Gasteiger partial charge on any atom is 0.257 e. The highest BCUT2D eigenvalue weighted by Gasteiger charge is 2.12. The van der Waals surface area contributed by atoms with Gasteiger partial charge in [0.25, 0.3) is 5.91 Å². The molecular formula is C18H14Br2N2OS. The predicted molar refractivity (Wildman–Crippen MR) is 106 cm³/mol. The summed E-state index contributed by atoms with van der Waals surface area (Å²) < 4.78 is 2.01. The molecule has 0 spiro atoms. The minimum absolute atomic E-state index is 0.148. The molecule has 0 saturated heterocycles. The van der Waals surface area contributed by atoms with Gasteiger partial charge < -0.3 is 0 Å². The van der Waals surface area contributed by atoms with Crippen molar-refractivity contribution in [2.24, 2.45) is 0 Å². The largest absolute Gasteiger partial charge is 0.298 e. The molecule has 0 unspecified atom stereocenters. The number of rotatable bonds is 4. The Bertz CT molecular complexity index is 875. The third-order valence-corrected chi connectivity index (χ3v) is 5.57. The highest BCUT2D eigenvalue weighted by molar-refractivity contribution is 9.10. The van der Waals surface area contributed by atoms with Gasteiger partial charge in [0.05, 0.1) is 5.69 Å². The second-order valence-corrected chi connectivity index (χ2v) is 8.21. The molecule has 1 aromatic heterocycles. The number of thiazole rings is 1. The van der Waals surface area contributed by atoms with Gasteiger partial charge in [-0.25, -0.2) is 4.98 Å². The second-order valence-electron chi connectivity index (χ2n) is 5.30. The molecule has 3 rings (SSSR count). The zero-order chi connectivity index (χ0) is 17.1. The molecule has 0 saturated carbocycles. The highest BCUT2D eigenvalue weighted by Crippen LogP contribution is 2.26. The fourth-order valence-electron chi connectivity index (χ4n) is 2.25. The topological polar surface area (TPSA) is 42.0 Å². The van der Waals surface area contributed by atoms with Crippen molar-refractivity contribution in [3.63, 3.8) is 0 Å². The van der Waals surface area contributed by atoms with Crippen LogP contribution in [-0.4, -0.2) is 10.9 Å². The van der Waals surface area contributed by atoms with Crippen LogP contribution in [0, 0.1) is 6.92 Å². The lowest BCUT2D eigenvalue weighted by atomic mass is 10.1. The highest BCUT2D eigenvalue weighted by atomic mass is 79.9. The van der Waals surface area contributed by atoms with E-state index in [2.05, 4.69) is 54.3 Å². The molecule has 3 aromatic rings. The number of anilines is 1. The fraction of sp³-hybridized carbons (Fsp3) is 0.111. The molecule has 0 aliphatic heterocycles. The van der Waals surface area contributed by atoms with Crippen LogP contribution in [0.4, 0.5) is 5.13 Å². The Balaban J connectivity index is 1.74. The molecule has 1 heterocycles. The van der Waals surface area contributed by atoms with E-state index < -0.39 is 0 Å². The van der Waals surface area contributed by atoms with E-state index in [1.165, 1.54) is 16.9 Å². The Kier molecular flexibility index (Phi) is 5.48. The Morgan fingerprint density at radius 2 is 1.88 bits per heavy atom. The normalized spacial score (nSPS) is 10.6. The number of amides is 1. The van der Waals surface area contributed by atoms with Crippen molar-refractivity contribution >= 4 is 54.2 Å². The summed E-state index contributed by atoms with van der Waals surface area (Å²) in [5, 5.41) is 3.51. The Morgan fingerprint density at radius 1 is 1.12 bits per heavy atom. The lowest BCUT2D eigenvalue weighted by molar-refractivity contribution is 0.102. The van der Waals surface area contributed by atoms with Gasteiger partial charge in [-0.05, 0) is 48.9 Å². The van der Waals surface area contributed by atoms with Crippen molar-refractivity contribution in [1.82, 2.24) is 4.98 Å². The van der Waals surface area contributed by atoms with Gasteiger partial charge in [0.2, 0.25) is 0 Å². The molecule has 0 aliphatic carbocycles. The molecule has 122 valence electrons. The summed E-state index contributed by atoms with van der Waals surface area (Å²) in [5.74, 6) is -0.148. The van der Waals surface area contributed by atoms with Crippen LogP contribution >= 0.6 is 43.2 Å². The van der Waals surface area contributed by atoms with Crippen molar-refractivity contribution in [2.75, 3.05) is 5.32 Å². The van der Waals surface area contributed by atoms with Crippen molar-refractivity contribution in [3.8, 4) is 0 Å². The monoisotopic (exact) mass is 464 g/mol. The zero-order valence-electron chi connectivity index (χ0n) is 12.8. The molecular weight excluding hydrogens is 452 g/mol. The molecule has 1 amide bonds. The van der Waals surface area contributed by atoms with Gasteiger partial charge in [0.1, 0.15) is 0 Å². The summed E-state index contributed by atoms with van der Waals surface area (Å²) in [6.45, 7) is 1.97. The summed E-state index contributed by atoms with van der Waals surface area (Å²) in [7, 11) is 0. The van der Waals surface area contributed by atoms with Crippen LogP contribution in [0.25, 0.3) is 0 Å². The Hall–Kier alpha value is -1.50. The number of aryl methyl sites for hydroxylation is 1. The molecule has 0 aliphatic rings. The summed E-state index contributed by atoms with van der Waals surface area (Å²) in [6, 6.07) is 15.5. The minimum atomic E-state index is -0.148. The average Bonchev–Trinajstić information content (AvgIpc) is 2.87. The van der Waals surface area contributed by atoms with E-state index in [0.29, 0.717) is 10.7 Å². The number of hydrogen-bond acceptors (Lipinski definition) is 3. The molecule has 2 aromatic carbocycles. The number of benzene rings is 2. The van der Waals surface area contributed by atoms with Crippen molar-refractivity contribution in [2.45, 2.75) is 13.3 Å². The molecule has 0 radical (unpaired) electrons. The van der Waals surface area contributed by atoms with Gasteiger partial charge in [-0.15, -0.1) is 11.3 Å². The summed E-state index contributed by atoms with van der Waals surface area (Å²) in [5.41, 5.74) is 2.77. The third kappa shape index (κ3) is 4.32. The van der Waals surface area contributed by atoms with Crippen molar-refractivity contribution in [1.29, 1.82) is 0 Å². The van der Waals surface area contributed by atoms with Crippen LogP contribution in [0.1, 0.15) is 26.5 Å². The maximum atomic E-state index is 12.3. The predicted octanol–water partition coefficient (Wildman–Crippen LogP) is 5.82. The number of aromatic nitrogens is 1. The Labute approximate surface area is 161 Å². The van der Waals surface area contributed by atoms with E-state index in [1.54, 1.807) is 12.1 Å². The average molecular weight is 466 g/mol. The molecule has 0 atom stereocenters. The number of carbonyl (C=O) groups is 1. The summed E-state index contributed by atoms with van der Waals surface area (Å²) in [4.78, 5) is 17.9. The number of hydrogen-bond donors (Lipinski definition) is 1. The van der Waals surface area contributed by atoms with Gasteiger partial charge in [0.15, 0.2) is 5.13 Å². The smallest absolute Gasteiger partial charge is 0.257 e.